The topological polar surface area (TPSA) is 67.8 Å². The van der Waals surface area contributed by atoms with Gasteiger partial charge in [0.05, 0.1) is 0 Å². The smallest absolute Gasteiger partial charge is 0.212 e. The number of pyridine rings is 1. The van der Waals surface area contributed by atoms with Gasteiger partial charge in [0.25, 0.3) is 0 Å². The highest BCUT2D eigenvalue weighted by Crippen LogP contribution is 2.25. The van der Waals surface area contributed by atoms with Crippen LogP contribution >= 0.6 is 11.3 Å². The average molecular weight is 256 g/mol. The Labute approximate surface area is 107 Å². The Morgan fingerprint density at radius 2 is 2.17 bits per heavy atom. The van der Waals surface area contributed by atoms with E-state index in [1.54, 1.807) is 11.7 Å². The Kier molecular flexibility index (Phi) is 2.70. The second kappa shape index (κ2) is 4.50. The fraction of sp³-hybridized carbons (Fsp3) is 0. The van der Waals surface area contributed by atoms with E-state index in [9.17, 15) is 4.79 Å². The molecule has 0 saturated heterocycles. The van der Waals surface area contributed by atoms with Gasteiger partial charge in [-0.1, -0.05) is 23.5 Å². The number of carbonyl (C=O) groups excluding carboxylic acids is 1. The zero-order valence-corrected chi connectivity index (χ0v) is 10.0. The molecule has 0 aliphatic rings. The molecule has 3 aromatic rings. The van der Waals surface area contributed by atoms with Crippen LogP contribution in [0.3, 0.4) is 0 Å². The zero-order chi connectivity index (χ0) is 12.4. The summed E-state index contributed by atoms with van der Waals surface area (Å²) in [5.41, 5.74) is 2.71. The van der Waals surface area contributed by atoms with Crippen LogP contribution < -0.4 is 5.32 Å². The molecule has 3 rings (SSSR count). The molecular weight excluding hydrogens is 248 g/mol. The summed E-state index contributed by atoms with van der Waals surface area (Å²) in [7, 11) is 0. The summed E-state index contributed by atoms with van der Waals surface area (Å²) in [5.74, 6) is 0.534. The third kappa shape index (κ3) is 1.93. The summed E-state index contributed by atoms with van der Waals surface area (Å²) in [6.07, 6.45) is 2.34. The lowest BCUT2D eigenvalue weighted by Gasteiger charge is -2.02. The maximum absolute atomic E-state index is 10.4. The molecule has 1 amide bonds. The molecule has 2 aromatic heterocycles. The number of nitrogens with zero attached hydrogens (tertiary/aromatic N) is 3. The zero-order valence-electron chi connectivity index (χ0n) is 9.20. The van der Waals surface area contributed by atoms with Crippen molar-refractivity contribution in [3.05, 3.63) is 36.0 Å². The molecule has 0 fully saturated rings. The summed E-state index contributed by atoms with van der Waals surface area (Å²) < 4.78 is 0. The van der Waals surface area contributed by atoms with Crippen LogP contribution in [0.4, 0.5) is 5.82 Å². The van der Waals surface area contributed by atoms with Gasteiger partial charge in [0.1, 0.15) is 16.3 Å². The minimum atomic E-state index is 0.534. The number of rotatable bonds is 3. The van der Waals surface area contributed by atoms with Crippen molar-refractivity contribution in [2.24, 2.45) is 0 Å². The number of fused-ring (bicyclic) bond motifs is 1. The van der Waals surface area contributed by atoms with Crippen LogP contribution in [0.1, 0.15) is 0 Å². The standard InChI is InChI=1S/C12H8N4OS/c17-6-14-11-4-10-3-8(12-16-15-7-18-12)1-2-9(10)5-13-11/h1-7H,(H,13,14,17). The number of hydrogen-bond acceptors (Lipinski definition) is 5. The van der Waals surface area contributed by atoms with E-state index in [1.165, 1.54) is 11.3 Å². The van der Waals surface area contributed by atoms with Crippen LogP contribution in [0.2, 0.25) is 0 Å². The third-order valence-corrected chi connectivity index (χ3v) is 3.28. The summed E-state index contributed by atoms with van der Waals surface area (Å²) in [4.78, 5) is 14.5. The average Bonchev–Trinajstić information content (AvgIpc) is 2.92. The van der Waals surface area contributed by atoms with Crippen LogP contribution in [0.15, 0.2) is 36.0 Å². The molecule has 0 radical (unpaired) electrons. The lowest BCUT2D eigenvalue weighted by atomic mass is 10.1. The van der Waals surface area contributed by atoms with E-state index in [-0.39, 0.29) is 0 Å². The first kappa shape index (κ1) is 10.8. The molecule has 0 atom stereocenters. The van der Waals surface area contributed by atoms with Crippen molar-refractivity contribution in [2.45, 2.75) is 0 Å². The largest absolute Gasteiger partial charge is 0.313 e. The van der Waals surface area contributed by atoms with Gasteiger partial charge in [-0.3, -0.25) is 4.79 Å². The van der Waals surface area contributed by atoms with Crippen molar-refractivity contribution in [2.75, 3.05) is 5.32 Å². The van der Waals surface area contributed by atoms with Crippen LogP contribution in [0, 0.1) is 0 Å². The quantitative estimate of drug-likeness (QED) is 0.730. The molecular formula is C12H8N4OS. The van der Waals surface area contributed by atoms with E-state index >= 15 is 0 Å². The lowest BCUT2D eigenvalue weighted by Crippen LogP contribution is -1.96. The van der Waals surface area contributed by atoms with Crippen molar-refractivity contribution in [3.8, 4) is 10.6 Å². The molecule has 18 heavy (non-hydrogen) atoms. The van der Waals surface area contributed by atoms with Crippen molar-refractivity contribution in [1.29, 1.82) is 0 Å². The second-order valence-electron chi connectivity index (χ2n) is 3.64. The number of anilines is 1. The van der Waals surface area contributed by atoms with Crippen LogP contribution in [-0.4, -0.2) is 21.6 Å². The number of benzene rings is 1. The van der Waals surface area contributed by atoms with Crippen LogP contribution in [0.5, 0.6) is 0 Å². The van der Waals surface area contributed by atoms with Gasteiger partial charge in [0, 0.05) is 17.1 Å². The van der Waals surface area contributed by atoms with E-state index in [1.807, 2.05) is 24.3 Å². The molecule has 5 nitrogen and oxygen atoms in total. The van der Waals surface area contributed by atoms with E-state index in [4.69, 9.17) is 0 Å². The molecule has 0 spiro atoms. The number of amides is 1. The monoisotopic (exact) mass is 256 g/mol. The van der Waals surface area contributed by atoms with E-state index in [0.717, 1.165) is 21.3 Å². The fourth-order valence-electron chi connectivity index (χ4n) is 1.71. The first-order valence-electron chi connectivity index (χ1n) is 5.23. The lowest BCUT2D eigenvalue weighted by molar-refractivity contribution is -0.105. The molecule has 2 heterocycles. The Morgan fingerprint density at radius 3 is 2.94 bits per heavy atom. The summed E-state index contributed by atoms with van der Waals surface area (Å²) in [5, 5.41) is 13.3. The normalized spacial score (nSPS) is 10.4. The molecule has 1 N–H and O–H groups in total. The van der Waals surface area contributed by atoms with Crippen molar-refractivity contribution < 1.29 is 4.79 Å². The van der Waals surface area contributed by atoms with Gasteiger partial charge in [0.2, 0.25) is 6.41 Å². The molecule has 88 valence electrons. The molecule has 0 unspecified atom stereocenters. The highest BCUT2D eigenvalue weighted by Gasteiger charge is 2.04. The second-order valence-corrected chi connectivity index (χ2v) is 4.47. The van der Waals surface area contributed by atoms with Gasteiger partial charge >= 0.3 is 0 Å². The van der Waals surface area contributed by atoms with Gasteiger partial charge < -0.3 is 5.32 Å². The summed E-state index contributed by atoms with van der Waals surface area (Å²) >= 11 is 1.49. The third-order valence-electron chi connectivity index (χ3n) is 2.54. The highest BCUT2D eigenvalue weighted by atomic mass is 32.1. The molecule has 1 aromatic carbocycles. The Hall–Kier alpha value is -2.34. The maximum atomic E-state index is 10.4. The first-order valence-corrected chi connectivity index (χ1v) is 6.11. The summed E-state index contributed by atoms with van der Waals surface area (Å²) in [6, 6.07) is 7.79. The fourth-order valence-corrected chi connectivity index (χ4v) is 2.26. The summed E-state index contributed by atoms with van der Waals surface area (Å²) in [6.45, 7) is 0. The van der Waals surface area contributed by atoms with E-state index in [0.29, 0.717) is 12.2 Å². The molecule has 6 heteroatoms. The SMILES string of the molecule is O=CNc1cc2cc(-c3nncs3)ccc2cn1. The van der Waals surface area contributed by atoms with Gasteiger partial charge in [-0.05, 0) is 17.5 Å². The molecule has 0 aliphatic heterocycles. The van der Waals surface area contributed by atoms with Gasteiger partial charge in [-0.2, -0.15) is 0 Å². The van der Waals surface area contributed by atoms with Crippen molar-refractivity contribution in [3.63, 3.8) is 0 Å². The maximum Gasteiger partial charge on any atom is 0.212 e. The van der Waals surface area contributed by atoms with Gasteiger partial charge in [0.15, 0.2) is 0 Å². The molecule has 0 aliphatic carbocycles. The Balaban J connectivity index is 2.12. The Morgan fingerprint density at radius 1 is 1.22 bits per heavy atom. The van der Waals surface area contributed by atoms with Gasteiger partial charge in [-0.25, -0.2) is 4.98 Å². The van der Waals surface area contributed by atoms with E-state index < -0.39 is 0 Å². The number of hydrogen-bond donors (Lipinski definition) is 1. The minimum Gasteiger partial charge on any atom is -0.313 e. The predicted molar refractivity (Wildman–Crippen MR) is 70.3 cm³/mol. The number of carbonyl (C=O) groups is 1. The van der Waals surface area contributed by atoms with Crippen LogP contribution in [-0.2, 0) is 4.79 Å². The van der Waals surface area contributed by atoms with Crippen LogP contribution in [0.25, 0.3) is 21.3 Å². The molecule has 0 saturated carbocycles. The Bertz CT molecular complexity index is 696. The molecule has 0 bridgehead atoms. The van der Waals surface area contributed by atoms with Crippen molar-refractivity contribution >= 4 is 34.3 Å². The highest BCUT2D eigenvalue weighted by molar-refractivity contribution is 7.12. The number of nitrogens with one attached hydrogen (secondary N) is 1. The first-order chi connectivity index (χ1) is 8.86. The predicted octanol–water partition coefficient (Wildman–Crippen LogP) is 2.32. The van der Waals surface area contributed by atoms with Crippen molar-refractivity contribution in [1.82, 2.24) is 15.2 Å². The van der Waals surface area contributed by atoms with E-state index in [2.05, 4.69) is 20.5 Å². The van der Waals surface area contributed by atoms with Gasteiger partial charge in [-0.15, -0.1) is 10.2 Å². The minimum absolute atomic E-state index is 0.534. The number of aromatic nitrogens is 3.